The number of hydrogen-bond donors (Lipinski definition) is 1. The molecule has 0 spiro atoms. The van der Waals surface area contributed by atoms with Crippen LogP contribution < -0.4 is 10.5 Å². The molecule has 1 aromatic rings. The van der Waals surface area contributed by atoms with Gasteiger partial charge in [0.25, 0.3) is 5.69 Å². The van der Waals surface area contributed by atoms with Gasteiger partial charge in [0.1, 0.15) is 19.0 Å². The van der Waals surface area contributed by atoms with Crippen molar-refractivity contribution in [3.05, 3.63) is 33.9 Å². The lowest BCUT2D eigenvalue weighted by Gasteiger charge is -2.11. The second-order valence-corrected chi connectivity index (χ2v) is 3.77. The van der Waals surface area contributed by atoms with Crippen molar-refractivity contribution in [3.63, 3.8) is 0 Å². The monoisotopic (exact) mass is 294 g/mol. The van der Waals surface area contributed by atoms with Gasteiger partial charge in [0.2, 0.25) is 0 Å². The number of halogens is 3. The number of alkyl halides is 3. The van der Waals surface area contributed by atoms with E-state index in [-0.39, 0.29) is 31.2 Å². The average molecular weight is 294 g/mol. The van der Waals surface area contributed by atoms with Gasteiger partial charge in [-0.3, -0.25) is 10.1 Å². The highest BCUT2D eigenvalue weighted by Gasteiger charge is 2.27. The quantitative estimate of drug-likeness (QED) is 0.472. The third-order valence-corrected chi connectivity index (χ3v) is 2.23. The van der Waals surface area contributed by atoms with Crippen LogP contribution >= 0.6 is 0 Å². The molecule has 112 valence electrons. The van der Waals surface area contributed by atoms with Crippen LogP contribution in [0, 0.1) is 10.1 Å². The fraction of sp³-hybridized carbons (Fsp3) is 0.455. The van der Waals surface area contributed by atoms with Gasteiger partial charge in [0, 0.05) is 24.2 Å². The third kappa shape index (κ3) is 5.41. The highest BCUT2D eigenvalue weighted by molar-refractivity contribution is 5.43. The van der Waals surface area contributed by atoms with Crippen molar-refractivity contribution in [3.8, 4) is 5.75 Å². The van der Waals surface area contributed by atoms with E-state index in [9.17, 15) is 23.3 Å². The first-order valence-electron chi connectivity index (χ1n) is 5.58. The fourth-order valence-electron chi connectivity index (χ4n) is 1.38. The van der Waals surface area contributed by atoms with Gasteiger partial charge in [-0.2, -0.15) is 13.2 Å². The predicted molar refractivity (Wildman–Crippen MR) is 63.4 cm³/mol. The van der Waals surface area contributed by atoms with Crippen molar-refractivity contribution >= 4 is 5.69 Å². The van der Waals surface area contributed by atoms with Crippen LogP contribution in [0.1, 0.15) is 5.56 Å². The van der Waals surface area contributed by atoms with E-state index in [4.69, 9.17) is 10.5 Å². The number of nitrogens with zero attached hydrogens (tertiary/aromatic N) is 1. The summed E-state index contributed by atoms with van der Waals surface area (Å²) in [4.78, 5) is 10.00. The molecule has 0 aliphatic rings. The second kappa shape index (κ2) is 7.06. The normalized spacial score (nSPS) is 11.4. The van der Waals surface area contributed by atoms with Crippen LogP contribution in [-0.4, -0.2) is 30.9 Å². The summed E-state index contributed by atoms with van der Waals surface area (Å²) in [7, 11) is 0. The summed E-state index contributed by atoms with van der Waals surface area (Å²) in [6.45, 7) is -1.69. The van der Waals surface area contributed by atoms with E-state index < -0.39 is 17.7 Å². The lowest BCUT2D eigenvalue weighted by atomic mass is 10.2. The molecule has 1 rings (SSSR count). The summed E-state index contributed by atoms with van der Waals surface area (Å²) < 4.78 is 44.9. The van der Waals surface area contributed by atoms with Gasteiger partial charge >= 0.3 is 6.18 Å². The van der Waals surface area contributed by atoms with E-state index in [0.29, 0.717) is 5.56 Å². The molecule has 0 bridgehead atoms. The number of nitro groups is 1. The molecule has 9 heteroatoms. The largest absolute Gasteiger partial charge is 0.491 e. The zero-order valence-electron chi connectivity index (χ0n) is 10.4. The fourth-order valence-corrected chi connectivity index (χ4v) is 1.38. The molecule has 0 unspecified atom stereocenters. The summed E-state index contributed by atoms with van der Waals surface area (Å²) in [6.07, 6.45) is -4.38. The molecule has 0 saturated carbocycles. The number of benzene rings is 1. The molecule has 0 aromatic heterocycles. The van der Waals surface area contributed by atoms with Crippen LogP contribution in [0.5, 0.6) is 5.75 Å². The van der Waals surface area contributed by atoms with Crippen molar-refractivity contribution in [2.45, 2.75) is 12.7 Å². The Kier molecular flexibility index (Phi) is 5.71. The van der Waals surface area contributed by atoms with Crippen molar-refractivity contribution in [1.82, 2.24) is 0 Å². The summed E-state index contributed by atoms with van der Waals surface area (Å²) >= 11 is 0. The first-order chi connectivity index (χ1) is 9.33. The van der Waals surface area contributed by atoms with Crippen LogP contribution in [0.15, 0.2) is 18.2 Å². The highest BCUT2D eigenvalue weighted by atomic mass is 19.4. The molecule has 20 heavy (non-hydrogen) atoms. The zero-order chi connectivity index (χ0) is 15.2. The van der Waals surface area contributed by atoms with Gasteiger partial charge in [-0.15, -0.1) is 0 Å². The molecule has 6 nitrogen and oxygen atoms in total. The summed E-state index contributed by atoms with van der Waals surface area (Å²) in [6, 6.07) is 3.83. The van der Waals surface area contributed by atoms with E-state index in [1.54, 1.807) is 0 Å². The number of non-ortho nitro benzene ring substituents is 1. The summed E-state index contributed by atoms with van der Waals surface area (Å²) in [5.41, 5.74) is 5.69. The van der Waals surface area contributed by atoms with Crippen LogP contribution in [0.2, 0.25) is 0 Å². The minimum Gasteiger partial charge on any atom is -0.491 e. The molecular formula is C11H13F3N2O4. The van der Waals surface area contributed by atoms with E-state index in [1.165, 1.54) is 18.2 Å². The Bertz CT molecular complexity index is 465. The lowest BCUT2D eigenvalue weighted by Crippen LogP contribution is -2.19. The van der Waals surface area contributed by atoms with E-state index in [1.807, 2.05) is 0 Å². The van der Waals surface area contributed by atoms with E-state index in [0.717, 1.165) is 0 Å². The Labute approximate surface area is 112 Å². The molecule has 0 atom stereocenters. The Morgan fingerprint density at radius 2 is 2.00 bits per heavy atom. The smallest absolute Gasteiger partial charge is 0.411 e. The van der Waals surface area contributed by atoms with Crippen molar-refractivity contribution in [2.75, 3.05) is 19.8 Å². The number of hydrogen-bond acceptors (Lipinski definition) is 5. The maximum atomic E-state index is 11.8. The summed E-state index contributed by atoms with van der Waals surface area (Å²) in [5.74, 6) is 0.286. The SMILES string of the molecule is NCc1cc([N+](=O)[O-])ccc1OCCOCC(F)(F)F. The lowest BCUT2D eigenvalue weighted by molar-refractivity contribution is -0.384. The number of rotatable bonds is 7. The van der Waals surface area contributed by atoms with Gasteiger partial charge < -0.3 is 15.2 Å². The summed E-state index contributed by atoms with van der Waals surface area (Å²) in [5, 5.41) is 10.6. The van der Waals surface area contributed by atoms with Gasteiger partial charge in [0.05, 0.1) is 11.5 Å². The number of ether oxygens (including phenoxy) is 2. The van der Waals surface area contributed by atoms with E-state index in [2.05, 4.69) is 4.74 Å². The molecule has 0 fully saturated rings. The molecule has 0 aliphatic carbocycles. The van der Waals surface area contributed by atoms with Gasteiger partial charge in [-0.25, -0.2) is 0 Å². The van der Waals surface area contributed by atoms with Crippen LogP contribution in [-0.2, 0) is 11.3 Å². The number of nitrogens with two attached hydrogens (primary N) is 1. The van der Waals surface area contributed by atoms with Crippen LogP contribution in [0.25, 0.3) is 0 Å². The standard InChI is InChI=1S/C11H13F3N2O4/c12-11(13,14)7-19-3-4-20-10-2-1-9(16(17)18)5-8(10)6-15/h1-2,5H,3-4,6-7,15H2. The minimum absolute atomic E-state index is 0.0143. The third-order valence-electron chi connectivity index (χ3n) is 2.23. The molecule has 0 aliphatic heterocycles. The van der Waals surface area contributed by atoms with Crippen LogP contribution in [0.4, 0.5) is 18.9 Å². The maximum absolute atomic E-state index is 11.8. The average Bonchev–Trinajstić information content (AvgIpc) is 2.36. The highest BCUT2D eigenvalue weighted by Crippen LogP contribution is 2.23. The van der Waals surface area contributed by atoms with Crippen molar-refractivity contribution < 1.29 is 27.6 Å². The van der Waals surface area contributed by atoms with Crippen LogP contribution in [0.3, 0.4) is 0 Å². The molecule has 2 N–H and O–H groups in total. The molecule has 0 saturated heterocycles. The topological polar surface area (TPSA) is 87.6 Å². The molecule has 1 aromatic carbocycles. The molecule has 0 amide bonds. The minimum atomic E-state index is -4.38. The van der Waals surface area contributed by atoms with Gasteiger partial charge in [0.15, 0.2) is 0 Å². The van der Waals surface area contributed by atoms with E-state index >= 15 is 0 Å². The van der Waals surface area contributed by atoms with Crippen molar-refractivity contribution in [1.29, 1.82) is 0 Å². The van der Waals surface area contributed by atoms with Crippen molar-refractivity contribution in [2.24, 2.45) is 5.73 Å². The Morgan fingerprint density at radius 3 is 2.55 bits per heavy atom. The first-order valence-corrected chi connectivity index (χ1v) is 5.58. The number of nitro benzene ring substituents is 1. The Hall–Kier alpha value is -1.87. The Morgan fingerprint density at radius 1 is 1.30 bits per heavy atom. The Balaban J connectivity index is 2.49. The molecular weight excluding hydrogens is 281 g/mol. The molecule has 0 heterocycles. The van der Waals surface area contributed by atoms with Gasteiger partial charge in [-0.05, 0) is 6.07 Å². The predicted octanol–water partition coefficient (Wildman–Crippen LogP) is 2.01. The first kappa shape index (κ1) is 16.2. The molecule has 0 radical (unpaired) electrons. The second-order valence-electron chi connectivity index (χ2n) is 3.77. The zero-order valence-corrected chi connectivity index (χ0v) is 10.4. The maximum Gasteiger partial charge on any atom is 0.411 e. The van der Waals surface area contributed by atoms with Gasteiger partial charge in [-0.1, -0.05) is 0 Å².